The van der Waals surface area contributed by atoms with Crippen LogP contribution in [0, 0.1) is 18.3 Å². The molecule has 3 heterocycles. The minimum atomic E-state index is -4.65. The van der Waals surface area contributed by atoms with Gasteiger partial charge in [0.05, 0.1) is 22.3 Å². The van der Waals surface area contributed by atoms with E-state index in [0.717, 1.165) is 17.8 Å². The molecule has 0 radical (unpaired) electrons. The van der Waals surface area contributed by atoms with Crippen LogP contribution in [0.25, 0.3) is 11.1 Å². The number of alkyl halides is 3. The summed E-state index contributed by atoms with van der Waals surface area (Å²) in [7, 11) is 0. The van der Waals surface area contributed by atoms with Crippen LogP contribution < -0.4 is 15.5 Å². The van der Waals surface area contributed by atoms with Crippen LogP contribution in [0.15, 0.2) is 66.2 Å². The topological polar surface area (TPSA) is 101 Å². The zero-order valence-corrected chi connectivity index (χ0v) is 19.0. The molecular formula is C25H22F3N5O2. The van der Waals surface area contributed by atoms with Crippen molar-refractivity contribution in [1.82, 2.24) is 10.3 Å². The van der Waals surface area contributed by atoms with Gasteiger partial charge >= 0.3 is 6.18 Å². The molecule has 1 aromatic heterocycles. The summed E-state index contributed by atoms with van der Waals surface area (Å²) in [6, 6.07) is 8.88. The highest BCUT2D eigenvalue weighted by Gasteiger charge is 2.38. The molecule has 3 N–H and O–H groups in total. The van der Waals surface area contributed by atoms with Gasteiger partial charge in [0.2, 0.25) is 0 Å². The molecule has 1 aromatic carbocycles. The monoisotopic (exact) mass is 481 g/mol. The first kappa shape index (κ1) is 24.0. The fraction of sp³-hybridized carbons (Fsp3) is 0.240. The average molecular weight is 481 g/mol. The number of rotatable bonds is 4. The Kier molecular flexibility index (Phi) is 5.90. The number of pyridine rings is 1. The van der Waals surface area contributed by atoms with Crippen LogP contribution in [-0.4, -0.2) is 40.9 Å². The van der Waals surface area contributed by atoms with Gasteiger partial charge in [0.1, 0.15) is 11.9 Å². The van der Waals surface area contributed by atoms with E-state index in [2.05, 4.69) is 28.3 Å². The first-order valence-corrected chi connectivity index (χ1v) is 10.6. The maximum absolute atomic E-state index is 13.2. The lowest BCUT2D eigenvalue weighted by Crippen LogP contribution is -2.60. The fourth-order valence-electron chi connectivity index (χ4n) is 3.99. The van der Waals surface area contributed by atoms with E-state index in [-0.39, 0.29) is 11.3 Å². The highest BCUT2D eigenvalue weighted by Crippen LogP contribution is 2.34. The lowest BCUT2D eigenvalue weighted by Gasteiger charge is -2.45. The Morgan fingerprint density at radius 2 is 2.06 bits per heavy atom. The number of hydrogen-bond acceptors (Lipinski definition) is 6. The lowest BCUT2D eigenvalue weighted by molar-refractivity contribution is -0.112. The minimum Gasteiger partial charge on any atom is -0.386 e. The minimum absolute atomic E-state index is 0.199. The molecule has 4 rings (SSSR count). The molecule has 2 aliphatic rings. The molecule has 0 spiro atoms. The summed E-state index contributed by atoms with van der Waals surface area (Å²) in [4.78, 5) is 18.9. The Balaban J connectivity index is 1.58. The number of aromatic nitrogens is 1. The number of dihydropyridines is 1. The van der Waals surface area contributed by atoms with Crippen LogP contribution in [0.4, 0.5) is 24.7 Å². The number of nitrogens with one attached hydrogen (secondary N) is 2. The summed E-state index contributed by atoms with van der Waals surface area (Å²) >= 11 is 0. The van der Waals surface area contributed by atoms with Crippen LogP contribution in [0.3, 0.4) is 0 Å². The van der Waals surface area contributed by atoms with Crippen molar-refractivity contribution in [3.63, 3.8) is 0 Å². The van der Waals surface area contributed by atoms with E-state index < -0.39 is 23.3 Å². The number of aryl methyl sites for hydroxylation is 1. The second-order valence-corrected chi connectivity index (χ2v) is 8.82. The van der Waals surface area contributed by atoms with Crippen molar-refractivity contribution in [3.8, 4) is 17.2 Å². The van der Waals surface area contributed by atoms with E-state index in [1.165, 1.54) is 0 Å². The third-order valence-corrected chi connectivity index (χ3v) is 5.75. The van der Waals surface area contributed by atoms with Gasteiger partial charge in [-0.15, -0.1) is 0 Å². The molecule has 10 heteroatoms. The third-order valence-electron chi connectivity index (χ3n) is 5.75. The zero-order valence-electron chi connectivity index (χ0n) is 19.0. The third kappa shape index (κ3) is 4.90. The largest absolute Gasteiger partial charge is 0.418 e. The van der Waals surface area contributed by atoms with Crippen molar-refractivity contribution in [2.45, 2.75) is 25.6 Å². The highest BCUT2D eigenvalue weighted by molar-refractivity contribution is 6.06. The van der Waals surface area contributed by atoms with Crippen LogP contribution >= 0.6 is 0 Å². The molecule has 1 amide bonds. The second kappa shape index (κ2) is 8.60. The molecule has 0 unspecified atom stereocenters. The van der Waals surface area contributed by atoms with Crippen molar-refractivity contribution < 1.29 is 23.1 Å². The van der Waals surface area contributed by atoms with Gasteiger partial charge in [-0.2, -0.15) is 18.4 Å². The van der Waals surface area contributed by atoms with Gasteiger partial charge in [-0.1, -0.05) is 12.6 Å². The number of carbonyl (C=O) groups excluding carboxylic acids is 1. The summed E-state index contributed by atoms with van der Waals surface area (Å²) in [5.41, 5.74) is 0.524. The second-order valence-electron chi connectivity index (χ2n) is 8.82. The number of allylic oxidation sites excluding steroid dienone is 1. The van der Waals surface area contributed by atoms with Crippen LogP contribution in [0.1, 0.15) is 18.1 Å². The molecular weight excluding hydrogens is 459 g/mol. The van der Waals surface area contributed by atoms with E-state index in [1.54, 1.807) is 37.4 Å². The number of nitriles is 1. The molecule has 7 nitrogen and oxygen atoms in total. The number of halogens is 3. The number of amides is 1. The molecule has 1 fully saturated rings. The Hall–Kier alpha value is -4.10. The Labute approximate surface area is 199 Å². The van der Waals surface area contributed by atoms with Crippen molar-refractivity contribution >= 4 is 17.4 Å². The predicted molar refractivity (Wildman–Crippen MR) is 125 cm³/mol. The normalized spacial score (nSPS) is 16.9. The maximum Gasteiger partial charge on any atom is 0.418 e. The van der Waals surface area contributed by atoms with Gasteiger partial charge in [0, 0.05) is 42.4 Å². The summed E-state index contributed by atoms with van der Waals surface area (Å²) in [5, 5.41) is 24.6. The molecule has 1 saturated heterocycles. The first-order chi connectivity index (χ1) is 16.4. The quantitative estimate of drug-likeness (QED) is 0.612. The van der Waals surface area contributed by atoms with E-state index in [9.17, 15) is 28.3 Å². The van der Waals surface area contributed by atoms with Gasteiger partial charge in [-0.25, -0.2) is 4.98 Å². The van der Waals surface area contributed by atoms with Crippen molar-refractivity contribution in [2.24, 2.45) is 0 Å². The summed E-state index contributed by atoms with van der Waals surface area (Å²) in [6.07, 6.45) is -1.13. The lowest BCUT2D eigenvalue weighted by atomic mass is 9.95. The van der Waals surface area contributed by atoms with E-state index in [4.69, 9.17) is 0 Å². The van der Waals surface area contributed by atoms with E-state index in [0.29, 0.717) is 41.3 Å². The Morgan fingerprint density at radius 1 is 1.34 bits per heavy atom. The van der Waals surface area contributed by atoms with Gasteiger partial charge in [-0.05, 0) is 49.2 Å². The summed E-state index contributed by atoms with van der Waals surface area (Å²) in [6.45, 7) is 7.63. The number of aliphatic hydroxyl groups is 1. The zero-order chi connectivity index (χ0) is 25.5. The number of hydrogen-bond donors (Lipinski definition) is 3. The molecule has 0 aliphatic carbocycles. The van der Waals surface area contributed by atoms with Crippen molar-refractivity contribution in [1.29, 1.82) is 5.26 Å². The number of nitrogens with zero attached hydrogens (tertiary/aromatic N) is 3. The van der Waals surface area contributed by atoms with Crippen LogP contribution in [0.5, 0.6) is 0 Å². The van der Waals surface area contributed by atoms with Crippen molar-refractivity contribution in [3.05, 3.63) is 77.3 Å². The van der Waals surface area contributed by atoms with E-state index in [1.807, 2.05) is 11.8 Å². The number of benzene rings is 1. The molecule has 0 bridgehead atoms. The standard InChI is InChI=1S/C25H22F3N5O2/c1-14-4-5-19(32-23(34)18-7-21(25(26,27)28)15(2)30-11-18)8-20(14)17-6-16(9-29)22(31-10-17)33-12-24(3,35)13-33/h4-8,10-11,30,35H,2,12-13H2,1,3H3,(H,32,34). The maximum atomic E-state index is 13.2. The Bertz CT molecular complexity index is 1330. The molecule has 180 valence electrons. The van der Waals surface area contributed by atoms with Gasteiger partial charge in [0.15, 0.2) is 0 Å². The smallest absolute Gasteiger partial charge is 0.386 e. The Morgan fingerprint density at radius 3 is 2.69 bits per heavy atom. The SMILES string of the molecule is C=C1NC=C(C(=O)Nc2ccc(C)c(-c3cnc(N4CC(C)(O)C4)c(C#N)c3)c2)C=C1C(F)(F)F. The predicted octanol–water partition coefficient (Wildman–Crippen LogP) is 3.93. The molecule has 0 saturated carbocycles. The number of β-amino-alcohol motifs (C(OH)–C–C–N with tert-alkyl or cyclic N) is 1. The molecule has 2 aromatic rings. The molecule has 35 heavy (non-hydrogen) atoms. The fourth-order valence-corrected chi connectivity index (χ4v) is 3.99. The summed E-state index contributed by atoms with van der Waals surface area (Å²) in [5.74, 6) is -0.243. The van der Waals surface area contributed by atoms with E-state index >= 15 is 0 Å². The number of anilines is 2. The van der Waals surface area contributed by atoms with Gasteiger partial charge < -0.3 is 20.6 Å². The van der Waals surface area contributed by atoms with Crippen LogP contribution in [-0.2, 0) is 4.79 Å². The molecule has 0 atom stereocenters. The van der Waals surface area contributed by atoms with Gasteiger partial charge in [-0.3, -0.25) is 4.79 Å². The number of carbonyl (C=O) groups is 1. The van der Waals surface area contributed by atoms with Crippen molar-refractivity contribution in [2.75, 3.05) is 23.3 Å². The first-order valence-electron chi connectivity index (χ1n) is 10.6. The highest BCUT2D eigenvalue weighted by atomic mass is 19.4. The van der Waals surface area contributed by atoms with Crippen LogP contribution in [0.2, 0.25) is 0 Å². The average Bonchev–Trinajstić information content (AvgIpc) is 2.77. The summed E-state index contributed by atoms with van der Waals surface area (Å²) < 4.78 is 39.5. The molecule has 2 aliphatic heterocycles. The van der Waals surface area contributed by atoms with Gasteiger partial charge in [0.25, 0.3) is 5.91 Å².